The van der Waals surface area contributed by atoms with Crippen LogP contribution in [-0.4, -0.2) is 55.7 Å². The molecule has 4 rings (SSSR count). The Labute approximate surface area is 220 Å². The molecule has 0 unspecified atom stereocenters. The summed E-state index contributed by atoms with van der Waals surface area (Å²) in [7, 11) is 0. The van der Waals surface area contributed by atoms with Crippen molar-refractivity contribution in [1.29, 1.82) is 0 Å². The van der Waals surface area contributed by atoms with Crippen LogP contribution in [0.4, 0.5) is 11.4 Å². The SMILES string of the molecule is O=C([OH2+])c1ccccc1N=CC(=[OH+])c1ccco1.O=C([OH2+])c1ccccc1N=CC(=[OH+])c1ccco1.[Co+2]. The summed E-state index contributed by atoms with van der Waals surface area (Å²) in [6, 6.07) is 19.3. The smallest absolute Gasteiger partial charge is 0.561 e. The van der Waals surface area contributed by atoms with E-state index in [4.69, 9.17) is 19.0 Å². The fourth-order valence-electron chi connectivity index (χ4n) is 2.79. The molecular formula is C26H22CoN2O8+6. The predicted molar refractivity (Wildman–Crippen MR) is 135 cm³/mol. The molecule has 0 bridgehead atoms. The van der Waals surface area contributed by atoms with Crippen molar-refractivity contribution in [3.8, 4) is 0 Å². The third kappa shape index (κ3) is 8.09. The van der Waals surface area contributed by atoms with Gasteiger partial charge in [-0.05, 0) is 48.5 Å². The molecule has 4 aromatic rings. The van der Waals surface area contributed by atoms with Gasteiger partial charge in [-0.3, -0.25) is 9.59 Å². The third-order valence-electron chi connectivity index (χ3n) is 4.50. The van der Waals surface area contributed by atoms with Crippen LogP contribution in [0, 0.1) is 0 Å². The average Bonchev–Trinajstić information content (AvgIpc) is 3.61. The zero-order valence-electron chi connectivity index (χ0n) is 19.0. The number of carbonyl (C=O) groups is 2. The summed E-state index contributed by atoms with van der Waals surface area (Å²) in [4.78, 5) is 49.3. The minimum atomic E-state index is -0.819. The zero-order chi connectivity index (χ0) is 25.9. The maximum absolute atomic E-state index is 11.0. The van der Waals surface area contributed by atoms with E-state index in [9.17, 15) is 19.2 Å². The van der Waals surface area contributed by atoms with E-state index in [-0.39, 0.29) is 51.0 Å². The van der Waals surface area contributed by atoms with Crippen LogP contribution in [0.2, 0.25) is 0 Å². The van der Waals surface area contributed by atoms with Gasteiger partial charge in [0, 0.05) is 9.59 Å². The molecule has 0 saturated carbocycles. The Morgan fingerprint density at radius 3 is 1.35 bits per heavy atom. The van der Waals surface area contributed by atoms with Crippen LogP contribution in [0.25, 0.3) is 0 Å². The van der Waals surface area contributed by atoms with Crippen molar-refractivity contribution in [3.05, 3.63) is 108 Å². The second-order valence-corrected chi connectivity index (χ2v) is 6.93. The van der Waals surface area contributed by atoms with Crippen molar-refractivity contribution < 1.29 is 55.0 Å². The number of aliphatic imine (C=N–C) groups is 2. The van der Waals surface area contributed by atoms with E-state index in [2.05, 4.69) is 9.98 Å². The fraction of sp³-hybridized carbons (Fsp3) is 0. The molecule has 37 heavy (non-hydrogen) atoms. The molecule has 187 valence electrons. The van der Waals surface area contributed by atoms with E-state index in [0.717, 1.165) is 0 Å². The Kier molecular flexibility index (Phi) is 10.6. The van der Waals surface area contributed by atoms with E-state index >= 15 is 0 Å². The van der Waals surface area contributed by atoms with Crippen molar-refractivity contribution in [2.45, 2.75) is 0 Å². The Bertz CT molecular complexity index is 1310. The van der Waals surface area contributed by atoms with E-state index in [1.807, 2.05) is 0 Å². The second kappa shape index (κ2) is 13.9. The number of furan rings is 2. The van der Waals surface area contributed by atoms with E-state index in [1.54, 1.807) is 60.7 Å². The van der Waals surface area contributed by atoms with Crippen LogP contribution in [0.3, 0.4) is 0 Å². The molecule has 0 atom stereocenters. The van der Waals surface area contributed by atoms with Crippen LogP contribution in [0.15, 0.2) is 104 Å². The van der Waals surface area contributed by atoms with E-state index in [0.29, 0.717) is 11.4 Å². The number of para-hydroxylation sites is 2. The van der Waals surface area contributed by atoms with Crippen LogP contribution in [-0.2, 0) is 16.8 Å². The number of hydrogen-bond donors (Lipinski definition) is 0. The number of carbonyl (C=O) groups excluding carboxylic acids is 4. The fourth-order valence-corrected chi connectivity index (χ4v) is 2.79. The van der Waals surface area contributed by atoms with Crippen molar-refractivity contribution in [1.82, 2.24) is 0 Å². The summed E-state index contributed by atoms with van der Waals surface area (Å²) >= 11 is 0. The topological polar surface area (TPSA) is 174 Å². The van der Waals surface area contributed by atoms with Gasteiger partial charge in [-0.2, -0.15) is 0 Å². The normalized spacial score (nSPS) is 10.4. The quantitative estimate of drug-likeness (QED) is 0.187. The van der Waals surface area contributed by atoms with Crippen LogP contribution in [0.5, 0.6) is 0 Å². The summed E-state index contributed by atoms with van der Waals surface area (Å²) in [6.45, 7) is 0. The standard InChI is InChI=1S/2C13H9NO4.Co/c2*15-11(12-6-3-7-18-12)8-14-10-5-2-1-4-9(10)13(16)17;/h2*1-8H,(H,16,17);/q;;+2/p+4. The summed E-state index contributed by atoms with van der Waals surface area (Å²) in [5, 5.41) is 14.2. The first-order chi connectivity index (χ1) is 17.4. The van der Waals surface area contributed by atoms with Crippen molar-refractivity contribution in [3.63, 3.8) is 0 Å². The Morgan fingerprint density at radius 2 is 1.03 bits per heavy atom. The molecule has 1 radical (unpaired) electrons. The number of ketones is 2. The molecule has 10 nitrogen and oxygen atoms in total. The Balaban J connectivity index is 0.000000253. The predicted octanol–water partition coefficient (Wildman–Crippen LogP) is 2.88. The van der Waals surface area contributed by atoms with Crippen LogP contribution in [0.1, 0.15) is 32.2 Å². The van der Waals surface area contributed by atoms with E-state index < -0.39 is 11.9 Å². The monoisotopic (exact) mass is 549 g/mol. The number of rotatable bonds is 8. The number of benzene rings is 2. The van der Waals surface area contributed by atoms with Gasteiger partial charge in [0.1, 0.15) is 23.6 Å². The number of nitrogens with zero attached hydrogens (tertiary/aromatic N) is 2. The molecule has 6 N–H and O–H groups in total. The second-order valence-electron chi connectivity index (χ2n) is 6.93. The molecule has 2 heterocycles. The first-order valence-corrected chi connectivity index (χ1v) is 10.3. The van der Waals surface area contributed by atoms with Gasteiger partial charge in [-0.15, -0.1) is 0 Å². The molecule has 0 aliphatic rings. The molecule has 0 aliphatic carbocycles. The molecule has 0 aliphatic heterocycles. The minimum Gasteiger partial charge on any atom is -0.561 e. The van der Waals surface area contributed by atoms with Crippen molar-refractivity contribution >= 4 is 47.3 Å². The van der Waals surface area contributed by atoms with Gasteiger partial charge in [0.25, 0.3) is 0 Å². The van der Waals surface area contributed by atoms with Gasteiger partial charge in [0.05, 0.1) is 23.9 Å². The van der Waals surface area contributed by atoms with Crippen LogP contribution >= 0.6 is 0 Å². The first-order valence-electron chi connectivity index (χ1n) is 10.3. The summed E-state index contributed by atoms with van der Waals surface area (Å²) in [5.41, 5.74) is 1.02. The third-order valence-corrected chi connectivity index (χ3v) is 4.50. The molecule has 2 aromatic carbocycles. The average molecular weight is 549 g/mol. The summed E-state index contributed by atoms with van der Waals surface area (Å²) < 4.78 is 9.96. The van der Waals surface area contributed by atoms with E-state index in [1.165, 1.54) is 37.1 Å². The summed E-state index contributed by atoms with van der Waals surface area (Å²) in [5.74, 6) is -1.36. The molecule has 2 aromatic heterocycles. The molecule has 0 spiro atoms. The summed E-state index contributed by atoms with van der Waals surface area (Å²) in [6.07, 6.45) is 5.22. The van der Waals surface area contributed by atoms with Gasteiger partial charge < -0.3 is 19.0 Å². The van der Waals surface area contributed by atoms with Gasteiger partial charge in [0.2, 0.25) is 11.5 Å². The minimum absolute atomic E-state index is 0. The molecular weight excluding hydrogens is 527 g/mol. The molecule has 11 heteroatoms. The van der Waals surface area contributed by atoms with Gasteiger partial charge in [0.15, 0.2) is 0 Å². The van der Waals surface area contributed by atoms with Gasteiger partial charge in [-0.1, -0.05) is 24.3 Å². The Hall–Kier alpha value is -4.87. The van der Waals surface area contributed by atoms with Crippen molar-refractivity contribution in [2.24, 2.45) is 9.98 Å². The maximum atomic E-state index is 11.0. The molecule has 0 amide bonds. The molecule has 0 saturated heterocycles. The number of hydrogen-bond acceptors (Lipinski definition) is 6. The van der Waals surface area contributed by atoms with Gasteiger partial charge in [-0.25, -0.2) is 9.98 Å². The Morgan fingerprint density at radius 1 is 0.649 bits per heavy atom. The van der Waals surface area contributed by atoms with Crippen molar-refractivity contribution in [2.75, 3.05) is 0 Å². The maximum Gasteiger partial charge on any atom is 2.00 e. The van der Waals surface area contributed by atoms with Crippen LogP contribution < -0.4 is 0 Å². The zero-order valence-corrected chi connectivity index (χ0v) is 20.0. The van der Waals surface area contributed by atoms with Gasteiger partial charge >= 0.3 is 40.3 Å². The first kappa shape index (κ1) is 28.4. The molecule has 0 fully saturated rings. The largest absolute Gasteiger partial charge is 2.00 e.